The molecular formula is C15H17N3O3. The first-order chi connectivity index (χ1) is 9.99. The molecule has 0 saturated heterocycles. The number of hydrogen-bond donors (Lipinski definition) is 1. The second-order valence-corrected chi connectivity index (χ2v) is 4.86. The maximum Gasteiger partial charge on any atom is 0.326 e. The van der Waals surface area contributed by atoms with E-state index in [1.807, 2.05) is 30.3 Å². The summed E-state index contributed by atoms with van der Waals surface area (Å²) in [6, 6.07) is 8.35. The molecule has 1 amide bonds. The van der Waals surface area contributed by atoms with Crippen molar-refractivity contribution in [1.82, 2.24) is 14.5 Å². The maximum absolute atomic E-state index is 12.5. The van der Waals surface area contributed by atoms with Gasteiger partial charge in [-0.05, 0) is 12.5 Å². The van der Waals surface area contributed by atoms with Crippen LogP contribution in [0.5, 0.6) is 0 Å². The lowest BCUT2D eigenvalue weighted by Gasteiger charge is -2.25. The number of carboxylic acid groups (broad SMARTS) is 1. The zero-order chi connectivity index (χ0) is 15.4. The highest BCUT2D eigenvalue weighted by molar-refractivity contribution is 5.94. The number of nitrogens with zero attached hydrogens (tertiary/aromatic N) is 3. The summed E-state index contributed by atoms with van der Waals surface area (Å²) < 4.78 is 1.65. The average Bonchev–Trinajstić information content (AvgIpc) is 2.91. The number of carbonyl (C=O) groups is 2. The molecule has 0 aliphatic carbocycles. The van der Waals surface area contributed by atoms with Crippen LogP contribution in [-0.4, -0.2) is 37.5 Å². The molecule has 1 aromatic carbocycles. The SMILES string of the molecule is CC(C(=O)O)N(Cc1ccccc1)C(=O)c1cn(C)cn1. The van der Waals surface area contributed by atoms with Crippen LogP contribution in [0.15, 0.2) is 42.9 Å². The third-order valence-corrected chi connectivity index (χ3v) is 3.21. The molecule has 0 radical (unpaired) electrons. The summed E-state index contributed by atoms with van der Waals surface area (Å²) in [7, 11) is 1.76. The fourth-order valence-corrected chi connectivity index (χ4v) is 1.97. The lowest BCUT2D eigenvalue weighted by molar-refractivity contribution is -0.141. The van der Waals surface area contributed by atoms with Crippen LogP contribution < -0.4 is 0 Å². The van der Waals surface area contributed by atoms with Crippen molar-refractivity contribution in [3.63, 3.8) is 0 Å². The van der Waals surface area contributed by atoms with Crippen molar-refractivity contribution < 1.29 is 14.7 Å². The molecule has 110 valence electrons. The molecular weight excluding hydrogens is 270 g/mol. The van der Waals surface area contributed by atoms with Crippen LogP contribution in [-0.2, 0) is 18.4 Å². The van der Waals surface area contributed by atoms with Gasteiger partial charge >= 0.3 is 5.97 Å². The van der Waals surface area contributed by atoms with E-state index in [2.05, 4.69) is 4.98 Å². The van der Waals surface area contributed by atoms with Gasteiger partial charge < -0.3 is 14.6 Å². The third-order valence-electron chi connectivity index (χ3n) is 3.21. The number of hydrogen-bond acceptors (Lipinski definition) is 3. The summed E-state index contributed by atoms with van der Waals surface area (Å²) in [4.78, 5) is 29.1. The molecule has 2 rings (SSSR count). The number of aromatic nitrogens is 2. The zero-order valence-electron chi connectivity index (χ0n) is 11.9. The molecule has 0 saturated carbocycles. The maximum atomic E-state index is 12.5. The van der Waals surface area contributed by atoms with E-state index in [0.29, 0.717) is 0 Å². The predicted octanol–water partition coefficient (Wildman–Crippen LogP) is 1.54. The summed E-state index contributed by atoms with van der Waals surface area (Å²) in [5.74, 6) is -1.44. The van der Waals surface area contributed by atoms with Crippen LogP contribution in [0.25, 0.3) is 0 Å². The first-order valence-electron chi connectivity index (χ1n) is 6.54. The molecule has 21 heavy (non-hydrogen) atoms. The Labute approximate surface area is 122 Å². The number of amides is 1. The Kier molecular flexibility index (Phi) is 4.37. The molecule has 0 aliphatic rings. The Balaban J connectivity index is 2.27. The van der Waals surface area contributed by atoms with Gasteiger partial charge in [0.25, 0.3) is 5.91 Å². The Morgan fingerprint density at radius 1 is 1.33 bits per heavy atom. The number of rotatable bonds is 5. The molecule has 1 aromatic heterocycles. The number of benzene rings is 1. The molecule has 1 unspecified atom stereocenters. The molecule has 2 aromatic rings. The van der Waals surface area contributed by atoms with Crippen molar-refractivity contribution in [3.8, 4) is 0 Å². The van der Waals surface area contributed by atoms with E-state index in [-0.39, 0.29) is 12.2 Å². The minimum Gasteiger partial charge on any atom is -0.480 e. The molecule has 1 atom stereocenters. The molecule has 6 heteroatoms. The fourth-order valence-electron chi connectivity index (χ4n) is 1.97. The van der Waals surface area contributed by atoms with E-state index < -0.39 is 17.9 Å². The Hall–Kier alpha value is -2.63. The number of carbonyl (C=O) groups excluding carboxylic acids is 1. The summed E-state index contributed by atoms with van der Waals surface area (Å²) >= 11 is 0. The minimum absolute atomic E-state index is 0.226. The standard InChI is InChI=1S/C15H17N3O3/c1-11(15(20)21)18(8-12-6-4-3-5-7-12)14(19)13-9-17(2)10-16-13/h3-7,9-11H,8H2,1-2H3,(H,20,21). The van der Waals surface area contributed by atoms with Crippen LogP contribution >= 0.6 is 0 Å². The van der Waals surface area contributed by atoms with Crippen LogP contribution in [0.4, 0.5) is 0 Å². The van der Waals surface area contributed by atoms with Gasteiger partial charge in [0.15, 0.2) is 0 Å². The van der Waals surface area contributed by atoms with E-state index in [4.69, 9.17) is 0 Å². The van der Waals surface area contributed by atoms with Crippen molar-refractivity contribution in [2.45, 2.75) is 19.5 Å². The molecule has 1 N–H and O–H groups in total. The van der Waals surface area contributed by atoms with E-state index in [1.54, 1.807) is 17.8 Å². The highest BCUT2D eigenvalue weighted by Gasteiger charge is 2.27. The average molecular weight is 287 g/mol. The molecule has 1 heterocycles. The first kappa shape index (κ1) is 14.8. The van der Waals surface area contributed by atoms with Crippen molar-refractivity contribution in [2.75, 3.05) is 0 Å². The quantitative estimate of drug-likeness (QED) is 0.905. The van der Waals surface area contributed by atoms with Crippen molar-refractivity contribution in [3.05, 3.63) is 54.1 Å². The summed E-state index contributed by atoms with van der Waals surface area (Å²) in [5.41, 5.74) is 1.11. The van der Waals surface area contributed by atoms with Gasteiger partial charge in [-0.1, -0.05) is 30.3 Å². The smallest absolute Gasteiger partial charge is 0.326 e. The van der Waals surface area contributed by atoms with E-state index >= 15 is 0 Å². The fraction of sp³-hybridized carbons (Fsp3) is 0.267. The van der Waals surface area contributed by atoms with Gasteiger partial charge in [0.2, 0.25) is 0 Å². The number of carboxylic acids is 1. The van der Waals surface area contributed by atoms with Crippen molar-refractivity contribution >= 4 is 11.9 Å². The van der Waals surface area contributed by atoms with Gasteiger partial charge in [0.05, 0.1) is 6.33 Å². The predicted molar refractivity (Wildman–Crippen MR) is 76.6 cm³/mol. The zero-order valence-corrected chi connectivity index (χ0v) is 11.9. The largest absolute Gasteiger partial charge is 0.480 e. The molecule has 6 nitrogen and oxygen atoms in total. The molecule has 0 fully saturated rings. The van der Waals surface area contributed by atoms with Crippen molar-refractivity contribution in [2.24, 2.45) is 7.05 Å². The second-order valence-electron chi connectivity index (χ2n) is 4.86. The molecule has 0 aliphatic heterocycles. The summed E-state index contributed by atoms with van der Waals surface area (Å²) in [6.07, 6.45) is 3.09. The normalized spacial score (nSPS) is 11.9. The van der Waals surface area contributed by atoms with Crippen LogP contribution in [0.1, 0.15) is 23.0 Å². The molecule has 0 bridgehead atoms. The van der Waals surface area contributed by atoms with Crippen LogP contribution in [0.2, 0.25) is 0 Å². The van der Waals surface area contributed by atoms with Gasteiger partial charge in [0.1, 0.15) is 11.7 Å². The van der Waals surface area contributed by atoms with E-state index in [1.165, 1.54) is 18.2 Å². The van der Waals surface area contributed by atoms with Gasteiger partial charge in [0, 0.05) is 19.8 Å². The Morgan fingerprint density at radius 3 is 2.52 bits per heavy atom. The monoisotopic (exact) mass is 287 g/mol. The number of aliphatic carboxylic acids is 1. The van der Waals surface area contributed by atoms with Crippen LogP contribution in [0.3, 0.4) is 0 Å². The molecule has 0 spiro atoms. The highest BCUT2D eigenvalue weighted by atomic mass is 16.4. The first-order valence-corrected chi connectivity index (χ1v) is 6.54. The van der Waals surface area contributed by atoms with Gasteiger partial charge in [-0.3, -0.25) is 4.79 Å². The van der Waals surface area contributed by atoms with E-state index in [0.717, 1.165) is 5.56 Å². The van der Waals surface area contributed by atoms with Gasteiger partial charge in [-0.25, -0.2) is 9.78 Å². The lowest BCUT2D eigenvalue weighted by Crippen LogP contribution is -2.42. The lowest BCUT2D eigenvalue weighted by atomic mass is 10.1. The van der Waals surface area contributed by atoms with E-state index in [9.17, 15) is 14.7 Å². The van der Waals surface area contributed by atoms with Crippen LogP contribution in [0, 0.1) is 0 Å². The topological polar surface area (TPSA) is 75.4 Å². The Morgan fingerprint density at radius 2 is 2.00 bits per heavy atom. The summed E-state index contributed by atoms with van der Waals surface area (Å²) in [6.45, 7) is 1.72. The van der Waals surface area contributed by atoms with Gasteiger partial charge in [-0.2, -0.15) is 0 Å². The Bertz CT molecular complexity index is 637. The minimum atomic E-state index is -1.05. The van der Waals surface area contributed by atoms with Gasteiger partial charge in [-0.15, -0.1) is 0 Å². The number of imidazole rings is 1. The number of aryl methyl sites for hydroxylation is 1. The summed E-state index contributed by atoms with van der Waals surface area (Å²) in [5, 5.41) is 9.21. The third kappa shape index (κ3) is 3.47. The second kappa shape index (κ2) is 6.21. The van der Waals surface area contributed by atoms with Crippen molar-refractivity contribution in [1.29, 1.82) is 0 Å². The highest BCUT2D eigenvalue weighted by Crippen LogP contribution is 2.12.